The number of hydrogen-bond donors (Lipinski definition) is 2. The predicted molar refractivity (Wildman–Crippen MR) is 48.0 cm³/mol. The average molecular weight is 188 g/mol. The first-order chi connectivity index (χ1) is 5.59. The number of H-pyrrole nitrogens is 1. The van der Waals surface area contributed by atoms with Crippen molar-refractivity contribution in [3.63, 3.8) is 0 Å². The Balaban J connectivity index is 2.58. The molecule has 1 rings (SSSR count). The van der Waals surface area contributed by atoms with Gasteiger partial charge in [-0.2, -0.15) is 4.98 Å². The lowest BCUT2D eigenvalue weighted by atomic mass is 10.6. The van der Waals surface area contributed by atoms with Gasteiger partial charge in [-0.3, -0.25) is 9.82 Å². The lowest BCUT2D eigenvalue weighted by molar-refractivity contribution is 0.680. The maximum atomic E-state index is 11.2. The van der Waals surface area contributed by atoms with Gasteiger partial charge in [-0.25, -0.2) is 4.21 Å². The van der Waals surface area contributed by atoms with E-state index >= 15 is 0 Å². The highest BCUT2D eigenvalue weighted by molar-refractivity contribution is 7.86. The summed E-state index contributed by atoms with van der Waals surface area (Å²) in [6.45, 7) is 5.52. The molecule has 1 aromatic heterocycles. The van der Waals surface area contributed by atoms with Crippen molar-refractivity contribution in [2.24, 2.45) is 0 Å². The van der Waals surface area contributed by atoms with Gasteiger partial charge in [-0.1, -0.05) is 0 Å². The van der Waals surface area contributed by atoms with Crippen molar-refractivity contribution in [3.8, 4) is 0 Å². The van der Waals surface area contributed by atoms with Crippen LogP contribution in [0.15, 0.2) is 0 Å². The number of aryl methyl sites for hydroxylation is 1. The minimum Gasteiger partial charge on any atom is -0.272 e. The van der Waals surface area contributed by atoms with Gasteiger partial charge in [0.25, 0.3) is 5.95 Å². The zero-order valence-corrected chi connectivity index (χ0v) is 8.10. The maximum absolute atomic E-state index is 11.2. The summed E-state index contributed by atoms with van der Waals surface area (Å²) in [5, 5.41) is 6.51. The molecule has 0 saturated heterocycles. The van der Waals surface area contributed by atoms with E-state index < -0.39 is 11.0 Å². The van der Waals surface area contributed by atoms with Crippen LogP contribution >= 0.6 is 0 Å². The molecule has 0 radical (unpaired) electrons. The Morgan fingerprint density at radius 2 is 2.25 bits per heavy atom. The van der Waals surface area contributed by atoms with E-state index in [2.05, 4.69) is 19.9 Å². The number of rotatable bonds is 3. The Hall–Kier alpha value is -0.910. The minimum atomic E-state index is -1.10. The van der Waals surface area contributed by atoms with Gasteiger partial charge in [-0.15, -0.1) is 5.10 Å². The van der Waals surface area contributed by atoms with Crippen LogP contribution in [0.4, 0.5) is 5.95 Å². The molecule has 0 spiro atoms. The normalized spacial score (nSPS) is 13.3. The zero-order valence-electron chi connectivity index (χ0n) is 7.29. The maximum Gasteiger partial charge on any atom is 0.253 e. The van der Waals surface area contributed by atoms with E-state index in [0.29, 0.717) is 11.8 Å². The quantitative estimate of drug-likeness (QED) is 0.729. The van der Waals surface area contributed by atoms with E-state index in [1.807, 2.05) is 13.8 Å². The zero-order chi connectivity index (χ0) is 9.14. The summed E-state index contributed by atoms with van der Waals surface area (Å²) in [6.07, 6.45) is 0. The lowest BCUT2D eigenvalue weighted by Gasteiger charge is -2.03. The lowest BCUT2D eigenvalue weighted by Crippen LogP contribution is -2.15. The van der Waals surface area contributed by atoms with Crippen molar-refractivity contribution in [1.82, 2.24) is 15.2 Å². The summed E-state index contributed by atoms with van der Waals surface area (Å²) in [5.41, 5.74) is 0. The second-order valence-corrected chi connectivity index (χ2v) is 4.43. The van der Waals surface area contributed by atoms with Crippen molar-refractivity contribution >= 4 is 16.9 Å². The largest absolute Gasteiger partial charge is 0.272 e. The fourth-order valence-electron chi connectivity index (χ4n) is 0.596. The third kappa shape index (κ3) is 2.30. The molecule has 2 N–H and O–H groups in total. The summed E-state index contributed by atoms with van der Waals surface area (Å²) in [5.74, 6) is 1.10. The van der Waals surface area contributed by atoms with Gasteiger partial charge in [0.15, 0.2) is 0 Å². The first-order valence-electron chi connectivity index (χ1n) is 3.66. The number of nitrogens with zero attached hydrogens (tertiary/aromatic N) is 2. The summed E-state index contributed by atoms with van der Waals surface area (Å²) in [6, 6.07) is 0. The molecule has 68 valence electrons. The molecule has 1 unspecified atom stereocenters. The van der Waals surface area contributed by atoms with Crippen LogP contribution in [0.1, 0.15) is 19.7 Å². The smallest absolute Gasteiger partial charge is 0.253 e. The van der Waals surface area contributed by atoms with Crippen LogP contribution in [0.2, 0.25) is 0 Å². The minimum absolute atomic E-state index is 0.0591. The van der Waals surface area contributed by atoms with Gasteiger partial charge in [0, 0.05) is 5.25 Å². The third-order valence-electron chi connectivity index (χ3n) is 1.22. The fraction of sp³-hybridized carbons (Fsp3) is 0.667. The molecule has 0 aliphatic heterocycles. The number of hydrogen-bond acceptors (Lipinski definition) is 3. The second kappa shape index (κ2) is 3.66. The molecule has 1 aromatic rings. The van der Waals surface area contributed by atoms with Crippen molar-refractivity contribution < 1.29 is 4.21 Å². The van der Waals surface area contributed by atoms with Gasteiger partial charge in [0.05, 0.1) is 0 Å². The van der Waals surface area contributed by atoms with Crippen molar-refractivity contribution in [1.29, 1.82) is 0 Å². The molecule has 0 bridgehead atoms. The SMILES string of the molecule is Cc1nc(NS(=O)C(C)C)n[nH]1. The highest BCUT2D eigenvalue weighted by atomic mass is 32.2. The second-order valence-electron chi connectivity index (χ2n) is 2.69. The number of aromatic nitrogens is 3. The molecular weight excluding hydrogens is 176 g/mol. The van der Waals surface area contributed by atoms with E-state index in [1.54, 1.807) is 6.92 Å². The Morgan fingerprint density at radius 1 is 1.58 bits per heavy atom. The number of anilines is 1. The van der Waals surface area contributed by atoms with E-state index in [4.69, 9.17) is 0 Å². The number of nitrogens with one attached hydrogen (secondary N) is 2. The molecule has 1 atom stereocenters. The highest BCUT2D eigenvalue weighted by Gasteiger charge is 2.07. The van der Waals surface area contributed by atoms with E-state index in [0.717, 1.165) is 0 Å². The Labute approximate surface area is 73.6 Å². The first kappa shape index (κ1) is 9.18. The van der Waals surface area contributed by atoms with E-state index in [1.165, 1.54) is 0 Å². The van der Waals surface area contributed by atoms with Crippen LogP contribution in [0.25, 0.3) is 0 Å². The molecule has 0 amide bonds. The van der Waals surface area contributed by atoms with Gasteiger partial charge in [-0.05, 0) is 20.8 Å². The van der Waals surface area contributed by atoms with E-state index in [9.17, 15) is 4.21 Å². The van der Waals surface area contributed by atoms with Crippen LogP contribution in [-0.2, 0) is 11.0 Å². The monoisotopic (exact) mass is 188 g/mol. The molecule has 1 heterocycles. The number of aromatic amines is 1. The average Bonchev–Trinajstić information content (AvgIpc) is 2.35. The van der Waals surface area contributed by atoms with Crippen molar-refractivity contribution in [2.75, 3.05) is 4.72 Å². The molecule has 5 nitrogen and oxygen atoms in total. The topological polar surface area (TPSA) is 70.7 Å². The third-order valence-corrected chi connectivity index (χ3v) is 2.46. The van der Waals surface area contributed by atoms with Crippen LogP contribution in [-0.4, -0.2) is 24.6 Å². The van der Waals surface area contributed by atoms with Gasteiger partial charge in [0.2, 0.25) is 0 Å². The summed E-state index contributed by atoms with van der Waals surface area (Å²) in [4.78, 5) is 3.96. The molecule has 0 saturated carbocycles. The summed E-state index contributed by atoms with van der Waals surface area (Å²) in [7, 11) is -1.10. The molecule has 0 aliphatic rings. The van der Waals surface area contributed by atoms with Crippen LogP contribution < -0.4 is 4.72 Å². The van der Waals surface area contributed by atoms with E-state index in [-0.39, 0.29) is 5.25 Å². The van der Waals surface area contributed by atoms with Gasteiger partial charge in [0.1, 0.15) is 16.8 Å². The Bertz CT molecular complexity index is 283. The van der Waals surface area contributed by atoms with Crippen molar-refractivity contribution in [2.45, 2.75) is 26.0 Å². The molecule has 0 aliphatic carbocycles. The predicted octanol–water partition coefficient (Wildman–Crippen LogP) is 0.597. The molecule has 12 heavy (non-hydrogen) atoms. The van der Waals surface area contributed by atoms with Crippen LogP contribution in [0.5, 0.6) is 0 Å². The summed E-state index contributed by atoms with van der Waals surface area (Å²) < 4.78 is 13.9. The fourth-order valence-corrected chi connectivity index (χ4v) is 1.10. The first-order valence-corrected chi connectivity index (χ1v) is 4.87. The molecule has 6 heteroatoms. The standard InChI is InChI=1S/C6H12N4OS/c1-4(2)12(11)10-6-7-5(3)8-9-6/h4H,1-3H3,(H2,7,8,9,10). The van der Waals surface area contributed by atoms with Crippen molar-refractivity contribution in [3.05, 3.63) is 5.82 Å². The molecule has 0 aromatic carbocycles. The van der Waals surface area contributed by atoms with Gasteiger partial charge < -0.3 is 0 Å². The summed E-state index contributed by atoms with van der Waals surface area (Å²) >= 11 is 0. The van der Waals surface area contributed by atoms with Crippen LogP contribution in [0.3, 0.4) is 0 Å². The molecular formula is C6H12N4OS. The Morgan fingerprint density at radius 3 is 2.67 bits per heavy atom. The Kier molecular flexibility index (Phi) is 2.80. The highest BCUT2D eigenvalue weighted by Crippen LogP contribution is 2.01. The molecule has 0 fully saturated rings. The van der Waals surface area contributed by atoms with Gasteiger partial charge >= 0.3 is 0 Å². The van der Waals surface area contributed by atoms with Crippen LogP contribution in [0, 0.1) is 6.92 Å².